The summed E-state index contributed by atoms with van der Waals surface area (Å²) in [6.07, 6.45) is 2.36. The van der Waals surface area contributed by atoms with Crippen molar-refractivity contribution in [2.45, 2.75) is 13.3 Å². The summed E-state index contributed by atoms with van der Waals surface area (Å²) < 4.78 is 5.01. The zero-order valence-electron chi connectivity index (χ0n) is 13.8. The van der Waals surface area contributed by atoms with E-state index in [-0.39, 0.29) is 12.0 Å². The van der Waals surface area contributed by atoms with Gasteiger partial charge in [-0.05, 0) is 18.1 Å². The summed E-state index contributed by atoms with van der Waals surface area (Å²) in [5.41, 5.74) is 2.36. The molecule has 1 aromatic heterocycles. The van der Waals surface area contributed by atoms with Crippen molar-refractivity contribution in [2.75, 3.05) is 36.7 Å². The van der Waals surface area contributed by atoms with Crippen LogP contribution >= 0.6 is 0 Å². The molecule has 2 rings (SSSR count). The van der Waals surface area contributed by atoms with E-state index in [1.807, 2.05) is 45.3 Å². The van der Waals surface area contributed by atoms with Gasteiger partial charge in [0.1, 0.15) is 5.69 Å². The third-order valence-corrected chi connectivity index (χ3v) is 3.25. The van der Waals surface area contributed by atoms with Gasteiger partial charge in [0.25, 0.3) is 0 Å². The monoisotopic (exact) mass is 315 g/mol. The van der Waals surface area contributed by atoms with E-state index in [1.54, 1.807) is 4.90 Å². The van der Waals surface area contributed by atoms with Crippen molar-refractivity contribution < 1.29 is 9.53 Å². The lowest BCUT2D eigenvalue weighted by Gasteiger charge is -2.17. The minimum absolute atomic E-state index is 0.246. The molecule has 0 saturated carbocycles. The van der Waals surface area contributed by atoms with Crippen LogP contribution in [0.25, 0.3) is 0 Å². The van der Waals surface area contributed by atoms with E-state index >= 15 is 0 Å². The molecule has 2 aromatic rings. The minimum Gasteiger partial charge on any atom is -0.467 e. The molecule has 122 valence electrons. The number of anilines is 3. The highest BCUT2D eigenvalue weighted by atomic mass is 16.5. The molecule has 2 amide bonds. The molecule has 1 aromatic carbocycles. The van der Waals surface area contributed by atoms with Gasteiger partial charge in [0.15, 0.2) is 5.82 Å². The van der Waals surface area contributed by atoms with Crippen LogP contribution < -0.4 is 20.3 Å². The number of methoxy groups -OCH3 is 1. The SMILES string of the molecule is CCc1ccccc1NC(=O)Nc1cnc(OC)nc1N(C)C. The number of aryl methyl sites for hydroxylation is 1. The second-order valence-corrected chi connectivity index (χ2v) is 5.08. The summed E-state index contributed by atoms with van der Waals surface area (Å²) in [5, 5.41) is 5.62. The van der Waals surface area contributed by atoms with Gasteiger partial charge in [-0.25, -0.2) is 9.78 Å². The van der Waals surface area contributed by atoms with Crippen LogP contribution in [0.2, 0.25) is 0 Å². The quantitative estimate of drug-likeness (QED) is 0.887. The fraction of sp³-hybridized carbons (Fsp3) is 0.312. The summed E-state index contributed by atoms with van der Waals surface area (Å²) in [6, 6.07) is 7.59. The van der Waals surface area contributed by atoms with Crippen LogP contribution in [0.4, 0.5) is 22.0 Å². The molecular formula is C16H21N5O2. The highest BCUT2D eigenvalue weighted by Crippen LogP contribution is 2.23. The molecular weight excluding hydrogens is 294 g/mol. The number of ether oxygens (including phenoxy) is 1. The number of para-hydroxylation sites is 1. The fourth-order valence-corrected chi connectivity index (χ4v) is 2.11. The normalized spacial score (nSPS) is 10.1. The number of urea groups is 1. The molecule has 0 saturated heterocycles. The van der Waals surface area contributed by atoms with Crippen molar-refractivity contribution in [1.29, 1.82) is 0 Å². The number of aromatic nitrogens is 2. The van der Waals surface area contributed by atoms with Crippen LogP contribution in [-0.4, -0.2) is 37.2 Å². The van der Waals surface area contributed by atoms with Gasteiger partial charge >= 0.3 is 12.0 Å². The van der Waals surface area contributed by atoms with Gasteiger partial charge in [-0.3, -0.25) is 0 Å². The summed E-state index contributed by atoms with van der Waals surface area (Å²) >= 11 is 0. The molecule has 0 spiro atoms. The first kappa shape index (κ1) is 16.5. The van der Waals surface area contributed by atoms with Crippen LogP contribution in [0.15, 0.2) is 30.5 Å². The Labute approximate surface area is 135 Å². The first-order valence-electron chi connectivity index (χ1n) is 7.29. The van der Waals surface area contributed by atoms with Crippen LogP contribution in [0.1, 0.15) is 12.5 Å². The molecule has 7 heteroatoms. The van der Waals surface area contributed by atoms with E-state index in [4.69, 9.17) is 4.74 Å². The number of benzene rings is 1. The lowest BCUT2D eigenvalue weighted by molar-refractivity contribution is 0.262. The maximum atomic E-state index is 12.3. The summed E-state index contributed by atoms with van der Waals surface area (Å²) in [6.45, 7) is 2.04. The standard InChI is InChI=1S/C16H21N5O2/c1-5-11-8-6-7-9-12(11)18-15(22)19-13-10-17-16(23-4)20-14(13)21(2)3/h6-10H,5H2,1-4H3,(H2,18,19,22). The Balaban J connectivity index is 2.17. The topological polar surface area (TPSA) is 79.4 Å². The number of hydrogen-bond donors (Lipinski definition) is 2. The number of carbonyl (C=O) groups excluding carboxylic acids is 1. The predicted octanol–water partition coefficient (Wildman–Crippen LogP) is 2.76. The van der Waals surface area contributed by atoms with Gasteiger partial charge < -0.3 is 20.3 Å². The first-order chi connectivity index (χ1) is 11.0. The molecule has 0 fully saturated rings. The van der Waals surface area contributed by atoms with E-state index in [2.05, 4.69) is 20.6 Å². The van der Waals surface area contributed by atoms with E-state index in [0.717, 1.165) is 17.7 Å². The van der Waals surface area contributed by atoms with Crippen molar-refractivity contribution in [2.24, 2.45) is 0 Å². The molecule has 1 heterocycles. The molecule has 0 aliphatic rings. The maximum absolute atomic E-state index is 12.3. The second-order valence-electron chi connectivity index (χ2n) is 5.08. The lowest BCUT2D eigenvalue weighted by Crippen LogP contribution is -2.23. The van der Waals surface area contributed by atoms with E-state index < -0.39 is 0 Å². The predicted molar refractivity (Wildman–Crippen MR) is 91.4 cm³/mol. The Bertz CT molecular complexity index is 688. The first-order valence-corrected chi connectivity index (χ1v) is 7.29. The number of nitrogens with one attached hydrogen (secondary N) is 2. The third-order valence-electron chi connectivity index (χ3n) is 3.25. The fourth-order valence-electron chi connectivity index (χ4n) is 2.11. The third kappa shape index (κ3) is 4.09. The zero-order valence-corrected chi connectivity index (χ0v) is 13.8. The summed E-state index contributed by atoms with van der Waals surface area (Å²) in [7, 11) is 5.16. The number of amides is 2. The lowest BCUT2D eigenvalue weighted by atomic mass is 10.1. The van der Waals surface area contributed by atoms with Gasteiger partial charge in [-0.2, -0.15) is 4.98 Å². The summed E-state index contributed by atoms with van der Waals surface area (Å²) in [5.74, 6) is 0.566. The van der Waals surface area contributed by atoms with Gasteiger partial charge in [-0.1, -0.05) is 25.1 Å². The molecule has 0 radical (unpaired) electrons. The number of carbonyl (C=O) groups is 1. The van der Waals surface area contributed by atoms with Gasteiger partial charge in [0.05, 0.1) is 13.3 Å². The average molecular weight is 315 g/mol. The Morgan fingerprint density at radius 2 is 1.91 bits per heavy atom. The largest absolute Gasteiger partial charge is 0.467 e. The van der Waals surface area contributed by atoms with E-state index in [0.29, 0.717) is 11.5 Å². The van der Waals surface area contributed by atoms with Crippen molar-refractivity contribution in [1.82, 2.24) is 9.97 Å². The molecule has 0 aliphatic carbocycles. The molecule has 2 N–H and O–H groups in total. The minimum atomic E-state index is -0.345. The Hall–Kier alpha value is -2.83. The second kappa shape index (κ2) is 7.44. The van der Waals surface area contributed by atoms with E-state index in [1.165, 1.54) is 13.3 Å². The molecule has 23 heavy (non-hydrogen) atoms. The molecule has 0 aliphatic heterocycles. The van der Waals surface area contributed by atoms with Crippen molar-refractivity contribution in [3.05, 3.63) is 36.0 Å². The Morgan fingerprint density at radius 3 is 2.57 bits per heavy atom. The van der Waals surface area contributed by atoms with Crippen LogP contribution in [0, 0.1) is 0 Å². The summed E-state index contributed by atoms with van der Waals surface area (Å²) in [4.78, 5) is 22.3. The Kier molecular flexibility index (Phi) is 5.35. The van der Waals surface area contributed by atoms with Crippen molar-refractivity contribution >= 4 is 23.2 Å². The van der Waals surface area contributed by atoms with Crippen molar-refractivity contribution in [3.63, 3.8) is 0 Å². The van der Waals surface area contributed by atoms with Crippen LogP contribution in [0.3, 0.4) is 0 Å². The van der Waals surface area contributed by atoms with E-state index in [9.17, 15) is 4.79 Å². The highest BCUT2D eigenvalue weighted by molar-refractivity contribution is 6.01. The average Bonchev–Trinajstić information content (AvgIpc) is 2.55. The van der Waals surface area contributed by atoms with Crippen LogP contribution in [-0.2, 0) is 6.42 Å². The number of nitrogens with zero attached hydrogens (tertiary/aromatic N) is 3. The molecule has 0 unspecified atom stereocenters. The van der Waals surface area contributed by atoms with Crippen LogP contribution in [0.5, 0.6) is 6.01 Å². The number of hydrogen-bond acceptors (Lipinski definition) is 5. The molecule has 0 atom stereocenters. The Morgan fingerprint density at radius 1 is 1.22 bits per heavy atom. The van der Waals surface area contributed by atoms with Gasteiger partial charge in [-0.15, -0.1) is 0 Å². The highest BCUT2D eigenvalue weighted by Gasteiger charge is 2.13. The molecule has 7 nitrogen and oxygen atoms in total. The number of rotatable bonds is 5. The zero-order chi connectivity index (χ0) is 16.8. The molecule has 0 bridgehead atoms. The van der Waals surface area contributed by atoms with Gasteiger partial charge in [0.2, 0.25) is 0 Å². The van der Waals surface area contributed by atoms with Crippen molar-refractivity contribution in [3.8, 4) is 6.01 Å². The smallest absolute Gasteiger partial charge is 0.323 e. The maximum Gasteiger partial charge on any atom is 0.323 e. The van der Waals surface area contributed by atoms with Gasteiger partial charge in [0, 0.05) is 19.8 Å².